The average Bonchev–Trinajstić information content (AvgIpc) is 2.15. The molecule has 2 fully saturated rings. The molecule has 2 heterocycles. The third-order valence-corrected chi connectivity index (χ3v) is 1.72. The van der Waals surface area contributed by atoms with E-state index in [1.54, 1.807) is 0 Å². The van der Waals surface area contributed by atoms with Crippen LogP contribution in [0.25, 0.3) is 0 Å². The van der Waals surface area contributed by atoms with Gasteiger partial charge in [0.15, 0.2) is 0 Å². The number of rotatable bonds is 0. The van der Waals surface area contributed by atoms with E-state index in [0.717, 1.165) is 19.0 Å². The fourth-order valence-corrected chi connectivity index (χ4v) is 1.18. The molecule has 0 aromatic rings. The summed E-state index contributed by atoms with van der Waals surface area (Å²) in [6, 6.07) is 0. The molecule has 0 unspecified atom stereocenters. The lowest BCUT2D eigenvalue weighted by Crippen LogP contribution is -2.42. The van der Waals surface area contributed by atoms with Crippen LogP contribution in [0.3, 0.4) is 0 Å². The first-order valence-corrected chi connectivity index (χ1v) is 2.93. The molecular formula is C4H10N4. The Labute approximate surface area is 48.0 Å². The van der Waals surface area contributed by atoms with Gasteiger partial charge in [0.05, 0.1) is 6.17 Å². The van der Waals surface area contributed by atoms with Crippen molar-refractivity contribution < 1.29 is 0 Å². The first-order chi connectivity index (χ1) is 3.97. The summed E-state index contributed by atoms with van der Waals surface area (Å²) in [5, 5.41) is 0. The van der Waals surface area contributed by atoms with Crippen molar-refractivity contribution in [3.05, 3.63) is 0 Å². The molecule has 2 aliphatic heterocycles. The maximum absolute atomic E-state index is 3.09. The zero-order chi connectivity index (χ0) is 5.40. The third-order valence-electron chi connectivity index (χ3n) is 1.72. The molecule has 0 aromatic heterocycles. The molecule has 0 aliphatic carbocycles. The fraction of sp³-hybridized carbons (Fsp3) is 1.00. The summed E-state index contributed by atoms with van der Waals surface area (Å²) in [5.74, 6) is 0.731. The van der Waals surface area contributed by atoms with Gasteiger partial charge in [-0.1, -0.05) is 0 Å². The smallest absolute Gasteiger partial charge is 0.0885 e. The van der Waals surface area contributed by atoms with E-state index < -0.39 is 0 Å². The first kappa shape index (κ1) is 4.69. The summed E-state index contributed by atoms with van der Waals surface area (Å²) in [5.41, 5.74) is 12.3. The summed E-state index contributed by atoms with van der Waals surface area (Å²) in [7, 11) is 0. The van der Waals surface area contributed by atoms with Crippen LogP contribution < -0.4 is 21.7 Å². The number of hydrazine groups is 2. The van der Waals surface area contributed by atoms with E-state index in [1.807, 2.05) is 0 Å². The number of fused-ring (bicyclic) bond motifs is 1. The fourth-order valence-electron chi connectivity index (χ4n) is 1.18. The van der Waals surface area contributed by atoms with E-state index in [-0.39, 0.29) is 0 Å². The zero-order valence-corrected chi connectivity index (χ0v) is 4.57. The Morgan fingerprint density at radius 1 is 1.00 bits per heavy atom. The Morgan fingerprint density at radius 2 is 1.62 bits per heavy atom. The molecular weight excluding hydrogens is 104 g/mol. The van der Waals surface area contributed by atoms with Crippen LogP contribution in [0.1, 0.15) is 0 Å². The molecule has 0 amide bonds. The van der Waals surface area contributed by atoms with Gasteiger partial charge in [-0.25, -0.2) is 10.9 Å². The molecule has 2 rings (SSSR count). The van der Waals surface area contributed by atoms with Crippen LogP contribution in [-0.2, 0) is 0 Å². The van der Waals surface area contributed by atoms with Gasteiger partial charge in [0, 0.05) is 19.0 Å². The number of hydrogen-bond donors (Lipinski definition) is 4. The lowest BCUT2D eigenvalue weighted by Gasteiger charge is -2.03. The van der Waals surface area contributed by atoms with E-state index >= 15 is 0 Å². The molecule has 2 saturated heterocycles. The maximum atomic E-state index is 3.09. The van der Waals surface area contributed by atoms with Gasteiger partial charge in [-0.3, -0.25) is 10.9 Å². The predicted octanol–water partition coefficient (Wildman–Crippen LogP) is -1.86. The molecule has 4 N–H and O–H groups in total. The molecule has 8 heavy (non-hydrogen) atoms. The molecule has 0 aromatic carbocycles. The molecule has 4 nitrogen and oxygen atoms in total. The van der Waals surface area contributed by atoms with Crippen LogP contribution in [0, 0.1) is 5.92 Å². The molecule has 0 bridgehead atoms. The largest absolute Gasteiger partial charge is 0.256 e. The van der Waals surface area contributed by atoms with Crippen LogP contribution in [-0.4, -0.2) is 19.3 Å². The highest BCUT2D eigenvalue weighted by molar-refractivity contribution is 4.84. The average molecular weight is 114 g/mol. The highest BCUT2D eigenvalue weighted by Crippen LogP contribution is 2.06. The quantitative estimate of drug-likeness (QED) is 0.298. The summed E-state index contributed by atoms with van der Waals surface area (Å²) in [6.07, 6.45) is 0.454. The third kappa shape index (κ3) is 0.545. The van der Waals surface area contributed by atoms with Crippen LogP contribution in [0.5, 0.6) is 0 Å². The SMILES string of the molecule is C1NNC2NNCC12. The number of nitrogens with one attached hydrogen (secondary N) is 4. The van der Waals surface area contributed by atoms with Crippen molar-refractivity contribution in [2.45, 2.75) is 6.17 Å². The Bertz CT molecular complexity index is 74.0. The minimum absolute atomic E-state index is 0.454. The normalized spacial score (nSPS) is 45.0. The Kier molecular flexibility index (Phi) is 0.976. The Balaban J connectivity index is 2.04. The van der Waals surface area contributed by atoms with Gasteiger partial charge in [-0.05, 0) is 0 Å². The molecule has 46 valence electrons. The summed E-state index contributed by atoms with van der Waals surface area (Å²) in [6.45, 7) is 2.15. The number of hydrogen-bond acceptors (Lipinski definition) is 4. The van der Waals surface area contributed by atoms with Crippen molar-refractivity contribution in [2.75, 3.05) is 13.1 Å². The van der Waals surface area contributed by atoms with E-state index in [0.29, 0.717) is 6.17 Å². The molecule has 0 saturated carbocycles. The van der Waals surface area contributed by atoms with Gasteiger partial charge in [-0.2, -0.15) is 0 Å². The van der Waals surface area contributed by atoms with E-state index in [1.165, 1.54) is 0 Å². The van der Waals surface area contributed by atoms with E-state index in [9.17, 15) is 0 Å². The molecule has 4 heteroatoms. The monoisotopic (exact) mass is 114 g/mol. The van der Waals surface area contributed by atoms with Crippen molar-refractivity contribution in [3.8, 4) is 0 Å². The van der Waals surface area contributed by atoms with Crippen LogP contribution in [0.15, 0.2) is 0 Å². The summed E-state index contributed by atoms with van der Waals surface area (Å²) >= 11 is 0. The minimum atomic E-state index is 0.454. The second-order valence-electron chi connectivity index (χ2n) is 2.29. The van der Waals surface area contributed by atoms with E-state index in [4.69, 9.17) is 0 Å². The van der Waals surface area contributed by atoms with Gasteiger partial charge >= 0.3 is 0 Å². The topological polar surface area (TPSA) is 48.1 Å². The standard InChI is InChI=1S/C4H10N4/c1-3-2-6-8-4(3)7-5-1/h3-8H,1-2H2. The van der Waals surface area contributed by atoms with Crippen molar-refractivity contribution >= 4 is 0 Å². The Hall–Kier alpha value is -0.160. The highest BCUT2D eigenvalue weighted by Gasteiger charge is 2.30. The lowest BCUT2D eigenvalue weighted by atomic mass is 10.1. The molecule has 0 radical (unpaired) electrons. The van der Waals surface area contributed by atoms with Crippen LogP contribution >= 0.6 is 0 Å². The Morgan fingerprint density at radius 3 is 2.12 bits per heavy atom. The van der Waals surface area contributed by atoms with Gasteiger partial charge in [0.1, 0.15) is 0 Å². The van der Waals surface area contributed by atoms with Gasteiger partial charge in [-0.15, -0.1) is 0 Å². The van der Waals surface area contributed by atoms with E-state index in [2.05, 4.69) is 21.7 Å². The van der Waals surface area contributed by atoms with Crippen LogP contribution in [0.4, 0.5) is 0 Å². The zero-order valence-electron chi connectivity index (χ0n) is 4.57. The highest BCUT2D eigenvalue weighted by atomic mass is 15.6. The lowest BCUT2D eigenvalue weighted by molar-refractivity contribution is 0.459. The van der Waals surface area contributed by atoms with Gasteiger partial charge in [0.2, 0.25) is 0 Å². The first-order valence-electron chi connectivity index (χ1n) is 2.93. The predicted molar refractivity (Wildman–Crippen MR) is 29.6 cm³/mol. The van der Waals surface area contributed by atoms with Crippen molar-refractivity contribution in [3.63, 3.8) is 0 Å². The van der Waals surface area contributed by atoms with Gasteiger partial charge < -0.3 is 0 Å². The second kappa shape index (κ2) is 1.66. The van der Waals surface area contributed by atoms with Crippen LogP contribution in [0.2, 0.25) is 0 Å². The second-order valence-corrected chi connectivity index (χ2v) is 2.29. The summed E-state index contributed by atoms with van der Waals surface area (Å²) < 4.78 is 0. The maximum Gasteiger partial charge on any atom is 0.0885 e. The molecule has 0 atom stereocenters. The van der Waals surface area contributed by atoms with Crippen molar-refractivity contribution in [1.29, 1.82) is 0 Å². The molecule has 2 aliphatic rings. The minimum Gasteiger partial charge on any atom is -0.256 e. The summed E-state index contributed by atoms with van der Waals surface area (Å²) in [4.78, 5) is 0. The van der Waals surface area contributed by atoms with Gasteiger partial charge in [0.25, 0.3) is 0 Å². The van der Waals surface area contributed by atoms with Crippen molar-refractivity contribution in [1.82, 2.24) is 21.7 Å². The molecule has 0 spiro atoms. The van der Waals surface area contributed by atoms with Crippen molar-refractivity contribution in [2.24, 2.45) is 5.92 Å².